The van der Waals surface area contributed by atoms with E-state index in [1.54, 1.807) is 0 Å². The van der Waals surface area contributed by atoms with Gasteiger partial charge in [-0.3, -0.25) is 14.9 Å². The molecular formula is C8H7N2O4-. The molecular weight excluding hydrogens is 188 g/mol. The first-order valence-electron chi connectivity index (χ1n) is 3.74. The molecule has 1 N–H and O–H groups in total. The summed E-state index contributed by atoms with van der Waals surface area (Å²) in [5.74, 6) is -1.16. The zero-order chi connectivity index (χ0) is 10.7. The lowest BCUT2D eigenvalue weighted by molar-refractivity contribution is -0.385. The molecule has 0 radical (unpaired) electrons. The van der Waals surface area contributed by atoms with Crippen LogP contribution >= 0.6 is 0 Å². The number of nitro benzene ring substituents is 1. The molecule has 0 unspecified atom stereocenters. The van der Waals surface area contributed by atoms with Crippen LogP contribution in [0.3, 0.4) is 0 Å². The summed E-state index contributed by atoms with van der Waals surface area (Å²) in [5.41, 5.74) is -0.495. The number of hydrogen-bond acceptors (Lipinski definition) is 4. The third kappa shape index (κ3) is 1.79. The van der Waals surface area contributed by atoms with Gasteiger partial charge in [0.2, 0.25) is 0 Å². The Kier molecular flexibility index (Phi) is 2.66. The zero-order valence-corrected chi connectivity index (χ0v) is 7.31. The molecule has 0 spiro atoms. The van der Waals surface area contributed by atoms with Crippen LogP contribution in [0.4, 0.5) is 5.69 Å². The second-order valence-corrected chi connectivity index (χ2v) is 2.52. The first-order chi connectivity index (χ1) is 6.56. The Balaban J connectivity index is 3.21. The molecule has 0 aliphatic heterocycles. The average Bonchev–Trinajstić information content (AvgIpc) is 2.17. The molecule has 0 saturated heterocycles. The molecule has 1 aromatic rings. The lowest BCUT2D eigenvalue weighted by Gasteiger charge is -2.10. The second kappa shape index (κ2) is 3.73. The Morgan fingerprint density at radius 3 is 2.64 bits per heavy atom. The van der Waals surface area contributed by atoms with Crippen molar-refractivity contribution in [3.8, 4) is 5.75 Å². The number of carbonyl (C=O) groups excluding carboxylic acids is 1. The van der Waals surface area contributed by atoms with Gasteiger partial charge in [-0.1, -0.05) is 11.8 Å². The number of non-ortho nitro benzene ring substituents is 1. The van der Waals surface area contributed by atoms with Crippen LogP contribution in [0.15, 0.2) is 18.2 Å². The van der Waals surface area contributed by atoms with Crippen molar-refractivity contribution in [2.75, 3.05) is 7.05 Å². The SMILES string of the molecule is CNC(=O)c1cc([N+](=O)[O-])ccc1[O-]. The fourth-order valence-electron chi connectivity index (χ4n) is 0.944. The highest BCUT2D eigenvalue weighted by atomic mass is 16.6. The molecule has 1 aromatic carbocycles. The van der Waals surface area contributed by atoms with Gasteiger partial charge in [0.1, 0.15) is 0 Å². The van der Waals surface area contributed by atoms with E-state index in [0.29, 0.717) is 0 Å². The highest BCUT2D eigenvalue weighted by Gasteiger charge is 2.10. The number of nitrogens with one attached hydrogen (secondary N) is 1. The number of nitro groups is 1. The van der Waals surface area contributed by atoms with Gasteiger partial charge in [-0.05, 0) is 0 Å². The second-order valence-electron chi connectivity index (χ2n) is 2.52. The minimum absolute atomic E-state index is 0.221. The van der Waals surface area contributed by atoms with Gasteiger partial charge in [-0.25, -0.2) is 0 Å². The number of carbonyl (C=O) groups is 1. The summed E-state index contributed by atoms with van der Waals surface area (Å²) in [6, 6.07) is 3.03. The van der Waals surface area contributed by atoms with Crippen molar-refractivity contribution in [2.24, 2.45) is 0 Å². The molecule has 6 heteroatoms. The predicted molar refractivity (Wildman–Crippen MR) is 45.9 cm³/mol. The molecule has 0 aliphatic carbocycles. The predicted octanol–water partition coefficient (Wildman–Crippen LogP) is 0.0280. The maximum atomic E-state index is 11.1. The summed E-state index contributed by atoms with van der Waals surface area (Å²) in [4.78, 5) is 20.8. The van der Waals surface area contributed by atoms with E-state index < -0.39 is 16.6 Å². The number of benzene rings is 1. The van der Waals surface area contributed by atoms with Crippen LogP contribution in [0.25, 0.3) is 0 Å². The number of rotatable bonds is 2. The maximum Gasteiger partial charge on any atom is 0.270 e. The van der Waals surface area contributed by atoms with Crippen LogP contribution in [0.5, 0.6) is 5.75 Å². The van der Waals surface area contributed by atoms with Crippen LogP contribution in [0.2, 0.25) is 0 Å². The summed E-state index contributed by atoms with van der Waals surface area (Å²) in [6.07, 6.45) is 0. The molecule has 74 valence electrons. The topological polar surface area (TPSA) is 95.3 Å². The summed E-state index contributed by atoms with van der Waals surface area (Å²) in [5, 5.41) is 23.7. The lowest BCUT2D eigenvalue weighted by atomic mass is 10.1. The smallest absolute Gasteiger partial charge is 0.270 e. The van der Waals surface area contributed by atoms with E-state index in [2.05, 4.69) is 5.32 Å². The van der Waals surface area contributed by atoms with Crippen LogP contribution < -0.4 is 10.4 Å². The van der Waals surface area contributed by atoms with Crippen molar-refractivity contribution < 1.29 is 14.8 Å². The molecule has 0 saturated carbocycles. The maximum absolute atomic E-state index is 11.1. The molecule has 0 heterocycles. The molecule has 6 nitrogen and oxygen atoms in total. The third-order valence-electron chi connectivity index (χ3n) is 1.65. The molecule has 0 atom stereocenters. The summed E-state index contributed by atoms with van der Waals surface area (Å²) in [6.45, 7) is 0. The minimum atomic E-state index is -0.661. The highest BCUT2D eigenvalue weighted by Crippen LogP contribution is 2.20. The van der Waals surface area contributed by atoms with Gasteiger partial charge in [-0.2, -0.15) is 0 Å². The summed E-state index contributed by atoms with van der Waals surface area (Å²) in [7, 11) is 1.35. The molecule has 0 aliphatic rings. The summed E-state index contributed by atoms with van der Waals surface area (Å²) < 4.78 is 0. The van der Waals surface area contributed by atoms with Crippen LogP contribution in [-0.2, 0) is 0 Å². The molecule has 0 aromatic heterocycles. The van der Waals surface area contributed by atoms with E-state index in [-0.39, 0.29) is 11.3 Å². The van der Waals surface area contributed by atoms with Gasteiger partial charge in [0.05, 0.1) is 4.92 Å². The third-order valence-corrected chi connectivity index (χ3v) is 1.65. The Labute approximate surface area is 79.3 Å². The van der Waals surface area contributed by atoms with Gasteiger partial charge in [-0.15, -0.1) is 0 Å². The summed E-state index contributed by atoms with van der Waals surface area (Å²) >= 11 is 0. The van der Waals surface area contributed by atoms with Crippen molar-refractivity contribution in [2.45, 2.75) is 0 Å². The van der Waals surface area contributed by atoms with E-state index in [4.69, 9.17) is 0 Å². The molecule has 1 rings (SSSR count). The number of amides is 1. The highest BCUT2D eigenvalue weighted by molar-refractivity contribution is 5.97. The normalized spacial score (nSPS) is 9.50. The van der Waals surface area contributed by atoms with Crippen LogP contribution in [-0.4, -0.2) is 17.9 Å². The van der Waals surface area contributed by atoms with E-state index in [9.17, 15) is 20.0 Å². The van der Waals surface area contributed by atoms with Crippen molar-refractivity contribution in [1.29, 1.82) is 0 Å². The number of hydrogen-bond donors (Lipinski definition) is 1. The van der Waals surface area contributed by atoms with Crippen molar-refractivity contribution in [3.63, 3.8) is 0 Å². The van der Waals surface area contributed by atoms with Crippen molar-refractivity contribution in [1.82, 2.24) is 5.32 Å². The van der Waals surface area contributed by atoms with Gasteiger partial charge in [0.25, 0.3) is 11.6 Å². The van der Waals surface area contributed by atoms with Crippen molar-refractivity contribution >= 4 is 11.6 Å². The number of nitrogens with zero attached hydrogens (tertiary/aromatic N) is 1. The Hall–Kier alpha value is -2.11. The Bertz CT molecular complexity index is 389. The van der Waals surface area contributed by atoms with Crippen LogP contribution in [0, 0.1) is 10.1 Å². The van der Waals surface area contributed by atoms with Gasteiger partial charge >= 0.3 is 0 Å². The van der Waals surface area contributed by atoms with Crippen LogP contribution in [0.1, 0.15) is 10.4 Å². The Morgan fingerprint density at radius 2 is 2.14 bits per heavy atom. The monoisotopic (exact) mass is 195 g/mol. The van der Waals surface area contributed by atoms with Crippen molar-refractivity contribution in [3.05, 3.63) is 33.9 Å². The molecule has 1 amide bonds. The molecule has 14 heavy (non-hydrogen) atoms. The fourth-order valence-corrected chi connectivity index (χ4v) is 0.944. The molecule has 0 bridgehead atoms. The quantitative estimate of drug-likeness (QED) is 0.531. The first kappa shape index (κ1) is 9.97. The minimum Gasteiger partial charge on any atom is -0.872 e. The van der Waals surface area contributed by atoms with Gasteiger partial charge < -0.3 is 10.4 Å². The largest absolute Gasteiger partial charge is 0.872 e. The van der Waals surface area contributed by atoms with Gasteiger partial charge in [0, 0.05) is 24.7 Å². The fraction of sp³-hybridized carbons (Fsp3) is 0.125. The average molecular weight is 195 g/mol. The Morgan fingerprint density at radius 1 is 1.50 bits per heavy atom. The lowest BCUT2D eigenvalue weighted by Crippen LogP contribution is -2.19. The first-order valence-corrected chi connectivity index (χ1v) is 3.74. The molecule has 0 fully saturated rings. The van der Waals surface area contributed by atoms with E-state index in [0.717, 1.165) is 18.2 Å². The van der Waals surface area contributed by atoms with E-state index in [1.165, 1.54) is 7.05 Å². The van der Waals surface area contributed by atoms with Gasteiger partial charge in [0.15, 0.2) is 0 Å². The standard InChI is InChI=1S/C8H8N2O4/c1-9-8(12)6-4-5(10(13)14)2-3-7(6)11/h2-4,11H,1H3,(H,9,12)/p-1. The van der Waals surface area contributed by atoms with E-state index >= 15 is 0 Å². The van der Waals surface area contributed by atoms with E-state index in [1.807, 2.05) is 0 Å². The zero-order valence-electron chi connectivity index (χ0n) is 7.31.